The summed E-state index contributed by atoms with van der Waals surface area (Å²) in [7, 11) is 0. The van der Waals surface area contributed by atoms with Crippen molar-refractivity contribution in [2.24, 2.45) is 0 Å². The summed E-state index contributed by atoms with van der Waals surface area (Å²) >= 11 is 6.21. The van der Waals surface area contributed by atoms with E-state index in [4.69, 9.17) is 16.7 Å². The fraction of sp³-hybridized carbons (Fsp3) is 0.333. The van der Waals surface area contributed by atoms with Crippen LogP contribution in [-0.4, -0.2) is 33.7 Å². The minimum absolute atomic E-state index is 0.00346. The number of amides is 1. The van der Waals surface area contributed by atoms with Gasteiger partial charge in [0.1, 0.15) is 5.69 Å². The zero-order valence-electron chi connectivity index (χ0n) is 17.6. The second-order valence-electron chi connectivity index (χ2n) is 7.40. The van der Waals surface area contributed by atoms with E-state index in [1.807, 2.05) is 35.2 Å². The Bertz CT molecular complexity index is 1000. The van der Waals surface area contributed by atoms with Crippen LogP contribution in [0.15, 0.2) is 48.5 Å². The van der Waals surface area contributed by atoms with E-state index in [0.717, 1.165) is 42.9 Å². The minimum Gasteiger partial charge on any atom is -0.337 e. The first-order valence-electron chi connectivity index (χ1n) is 10.2. The van der Waals surface area contributed by atoms with E-state index in [2.05, 4.69) is 45.9 Å². The lowest BCUT2D eigenvalue weighted by atomic mass is 10.0. The lowest BCUT2D eigenvalue weighted by Gasteiger charge is -2.21. The largest absolute Gasteiger partial charge is 0.337 e. The summed E-state index contributed by atoms with van der Waals surface area (Å²) in [5, 5.41) is 5.41. The van der Waals surface area contributed by atoms with E-state index in [0.29, 0.717) is 10.7 Å². The summed E-state index contributed by atoms with van der Waals surface area (Å²) < 4.78 is 1.72. The maximum atomic E-state index is 13.4. The number of carbonyl (C=O) groups excluding carboxylic acids is 1. The molecule has 0 unspecified atom stereocenters. The van der Waals surface area contributed by atoms with Crippen LogP contribution in [0, 0.1) is 13.8 Å². The third kappa shape index (κ3) is 4.70. The average molecular weight is 410 g/mol. The van der Waals surface area contributed by atoms with Gasteiger partial charge in [0, 0.05) is 23.7 Å². The summed E-state index contributed by atoms with van der Waals surface area (Å²) in [5.41, 5.74) is 5.55. The van der Waals surface area contributed by atoms with E-state index in [9.17, 15) is 4.79 Å². The fourth-order valence-corrected chi connectivity index (χ4v) is 3.58. The first-order valence-corrected chi connectivity index (χ1v) is 10.5. The van der Waals surface area contributed by atoms with E-state index in [1.54, 1.807) is 4.68 Å². The molecule has 4 nitrogen and oxygen atoms in total. The van der Waals surface area contributed by atoms with Gasteiger partial charge in [-0.2, -0.15) is 5.10 Å². The molecule has 0 N–H and O–H groups in total. The van der Waals surface area contributed by atoms with Gasteiger partial charge in [0.2, 0.25) is 0 Å². The number of rotatable bonds is 7. The van der Waals surface area contributed by atoms with Gasteiger partial charge in [-0.05, 0) is 68.1 Å². The van der Waals surface area contributed by atoms with E-state index < -0.39 is 0 Å². The summed E-state index contributed by atoms with van der Waals surface area (Å²) in [6.07, 6.45) is 1.84. The molecule has 1 aromatic heterocycles. The summed E-state index contributed by atoms with van der Waals surface area (Å²) in [5.74, 6) is -0.00346. The van der Waals surface area contributed by atoms with Crippen molar-refractivity contribution in [3.05, 3.63) is 70.4 Å². The van der Waals surface area contributed by atoms with Crippen molar-refractivity contribution >= 4 is 17.5 Å². The third-order valence-electron chi connectivity index (χ3n) is 5.06. The number of benzene rings is 2. The van der Waals surface area contributed by atoms with Crippen LogP contribution in [0.4, 0.5) is 0 Å². The lowest BCUT2D eigenvalue weighted by Crippen LogP contribution is -2.33. The molecule has 2 aromatic carbocycles. The van der Waals surface area contributed by atoms with Gasteiger partial charge in [-0.25, -0.2) is 4.68 Å². The number of nitrogens with zero attached hydrogens (tertiary/aromatic N) is 3. The molecular formula is C24H28ClN3O. The fourth-order valence-electron chi connectivity index (χ4n) is 3.40. The van der Waals surface area contributed by atoms with E-state index >= 15 is 0 Å². The van der Waals surface area contributed by atoms with Crippen molar-refractivity contribution in [2.75, 3.05) is 13.1 Å². The first kappa shape index (κ1) is 21.1. The van der Waals surface area contributed by atoms with Crippen LogP contribution in [0.1, 0.15) is 48.3 Å². The number of hydrogen-bond donors (Lipinski definition) is 0. The monoisotopic (exact) mass is 409 g/mol. The van der Waals surface area contributed by atoms with Crippen LogP contribution in [0.25, 0.3) is 16.9 Å². The molecule has 0 fully saturated rings. The molecule has 0 bridgehead atoms. The van der Waals surface area contributed by atoms with Gasteiger partial charge in [0.05, 0.1) is 11.4 Å². The number of hydrogen-bond acceptors (Lipinski definition) is 2. The highest BCUT2D eigenvalue weighted by molar-refractivity contribution is 6.30. The maximum absolute atomic E-state index is 13.4. The zero-order chi connectivity index (χ0) is 21.0. The second-order valence-corrected chi connectivity index (χ2v) is 7.83. The summed E-state index contributed by atoms with van der Waals surface area (Å²) in [4.78, 5) is 15.3. The lowest BCUT2D eigenvalue weighted by molar-refractivity contribution is 0.0746. The molecule has 1 amide bonds. The van der Waals surface area contributed by atoms with Crippen molar-refractivity contribution in [1.29, 1.82) is 0 Å². The second kappa shape index (κ2) is 9.27. The molecule has 0 radical (unpaired) electrons. The van der Waals surface area contributed by atoms with Crippen molar-refractivity contribution in [3.8, 4) is 16.9 Å². The Labute approximate surface area is 178 Å². The van der Waals surface area contributed by atoms with Gasteiger partial charge < -0.3 is 4.90 Å². The van der Waals surface area contributed by atoms with Crippen LogP contribution in [-0.2, 0) is 0 Å². The van der Waals surface area contributed by atoms with Gasteiger partial charge in [-0.3, -0.25) is 4.79 Å². The normalized spacial score (nSPS) is 10.9. The standard InChI is InChI=1S/C24H28ClN3O/c1-5-12-27(13-6-2)24(29)23-16-22(19-11-10-17(3)18(4)14-19)26-28(23)21-9-7-8-20(25)15-21/h7-11,14-16H,5-6,12-13H2,1-4H3. The average Bonchev–Trinajstić information content (AvgIpc) is 3.15. The Morgan fingerprint density at radius 2 is 1.72 bits per heavy atom. The van der Waals surface area contributed by atoms with Gasteiger partial charge in [-0.15, -0.1) is 0 Å². The molecular weight excluding hydrogens is 382 g/mol. The SMILES string of the molecule is CCCN(CCC)C(=O)c1cc(-c2ccc(C)c(C)c2)nn1-c1cccc(Cl)c1. The molecule has 0 saturated carbocycles. The van der Waals surface area contributed by atoms with Crippen LogP contribution in [0.2, 0.25) is 5.02 Å². The molecule has 0 aliphatic heterocycles. The molecule has 0 atom stereocenters. The Kier molecular flexibility index (Phi) is 6.75. The molecule has 0 aliphatic rings. The Morgan fingerprint density at radius 3 is 2.34 bits per heavy atom. The Balaban J connectivity index is 2.13. The highest BCUT2D eigenvalue weighted by Crippen LogP contribution is 2.26. The van der Waals surface area contributed by atoms with Crippen LogP contribution in [0.5, 0.6) is 0 Å². The smallest absolute Gasteiger partial charge is 0.272 e. The highest BCUT2D eigenvalue weighted by atomic mass is 35.5. The van der Waals surface area contributed by atoms with Crippen LogP contribution < -0.4 is 0 Å². The molecule has 5 heteroatoms. The quantitative estimate of drug-likeness (QED) is 0.474. The topological polar surface area (TPSA) is 38.1 Å². The third-order valence-corrected chi connectivity index (χ3v) is 5.29. The van der Waals surface area contributed by atoms with Crippen molar-refractivity contribution in [1.82, 2.24) is 14.7 Å². The van der Waals surface area contributed by atoms with Gasteiger partial charge in [0.15, 0.2) is 0 Å². The van der Waals surface area contributed by atoms with E-state index in [1.165, 1.54) is 11.1 Å². The molecule has 0 saturated heterocycles. The van der Waals surface area contributed by atoms with Gasteiger partial charge >= 0.3 is 0 Å². The number of carbonyl (C=O) groups is 1. The molecule has 3 aromatic rings. The van der Waals surface area contributed by atoms with E-state index in [-0.39, 0.29) is 5.91 Å². The first-order chi connectivity index (χ1) is 13.9. The van der Waals surface area contributed by atoms with Crippen molar-refractivity contribution in [2.45, 2.75) is 40.5 Å². The van der Waals surface area contributed by atoms with Crippen molar-refractivity contribution < 1.29 is 4.79 Å². The maximum Gasteiger partial charge on any atom is 0.272 e. The van der Waals surface area contributed by atoms with Crippen LogP contribution >= 0.6 is 11.6 Å². The number of aromatic nitrogens is 2. The predicted octanol–water partition coefficient (Wildman–Crippen LogP) is 6.07. The summed E-state index contributed by atoms with van der Waals surface area (Å²) in [6, 6.07) is 15.6. The number of aryl methyl sites for hydroxylation is 2. The minimum atomic E-state index is -0.00346. The van der Waals surface area contributed by atoms with Crippen molar-refractivity contribution in [3.63, 3.8) is 0 Å². The highest BCUT2D eigenvalue weighted by Gasteiger charge is 2.22. The molecule has 3 rings (SSSR count). The molecule has 1 heterocycles. The Hall–Kier alpha value is -2.59. The number of halogens is 1. The molecule has 0 aliphatic carbocycles. The predicted molar refractivity (Wildman–Crippen MR) is 120 cm³/mol. The van der Waals surface area contributed by atoms with Gasteiger partial charge in [0.25, 0.3) is 5.91 Å². The van der Waals surface area contributed by atoms with Gasteiger partial charge in [-0.1, -0.05) is 43.6 Å². The zero-order valence-corrected chi connectivity index (χ0v) is 18.3. The van der Waals surface area contributed by atoms with Crippen LogP contribution in [0.3, 0.4) is 0 Å². The Morgan fingerprint density at radius 1 is 1.00 bits per heavy atom. The summed E-state index contributed by atoms with van der Waals surface area (Å²) in [6.45, 7) is 9.81. The molecule has 0 spiro atoms. The molecule has 29 heavy (non-hydrogen) atoms. The molecule has 152 valence electrons.